The number of carbonyl (C=O) groups is 1. The summed E-state index contributed by atoms with van der Waals surface area (Å²) < 4.78 is 22.0. The van der Waals surface area contributed by atoms with Gasteiger partial charge in [0.05, 0.1) is 39.6 Å². The Labute approximate surface area is 190 Å². The molecule has 0 fully saturated rings. The van der Waals surface area contributed by atoms with Crippen LogP contribution >= 0.6 is 0 Å². The van der Waals surface area contributed by atoms with Crippen molar-refractivity contribution in [2.45, 2.75) is 5.92 Å². The molecule has 0 bridgehead atoms. The van der Waals surface area contributed by atoms with Crippen LogP contribution in [0.15, 0.2) is 48.5 Å². The number of amides is 1. The molecule has 1 aliphatic carbocycles. The minimum absolute atomic E-state index is 0.0652. The summed E-state index contributed by atoms with van der Waals surface area (Å²) in [4.78, 5) is 14.0. The highest BCUT2D eigenvalue weighted by Gasteiger charge is 2.29. The Hall–Kier alpha value is -2.45. The molecule has 0 unspecified atom stereocenters. The van der Waals surface area contributed by atoms with E-state index < -0.39 is 0 Å². The molecule has 2 aromatic carbocycles. The van der Waals surface area contributed by atoms with Gasteiger partial charge in [-0.3, -0.25) is 0 Å². The fourth-order valence-electron chi connectivity index (χ4n) is 3.71. The van der Waals surface area contributed by atoms with E-state index in [9.17, 15) is 4.79 Å². The summed E-state index contributed by atoms with van der Waals surface area (Å²) in [6.45, 7) is 4.84. The summed E-state index contributed by atoms with van der Waals surface area (Å²) in [5.74, 6) is 0.0652. The van der Waals surface area contributed by atoms with Crippen molar-refractivity contribution >= 4 is 6.09 Å². The Morgan fingerprint density at radius 1 is 0.844 bits per heavy atom. The Morgan fingerprint density at radius 3 is 1.97 bits per heavy atom. The molecule has 0 aromatic heterocycles. The number of nitrogens with one attached hydrogen (secondary N) is 1. The highest BCUT2D eigenvalue weighted by molar-refractivity contribution is 5.79. The third-order valence-corrected chi connectivity index (χ3v) is 5.46. The van der Waals surface area contributed by atoms with Crippen LogP contribution in [0.25, 0.3) is 11.1 Å². The van der Waals surface area contributed by atoms with E-state index in [1.807, 2.05) is 31.3 Å². The van der Waals surface area contributed by atoms with Crippen LogP contribution in [0.3, 0.4) is 0 Å². The summed E-state index contributed by atoms with van der Waals surface area (Å²) in [7, 11) is 3.61. The van der Waals surface area contributed by atoms with Crippen molar-refractivity contribution in [3.63, 3.8) is 0 Å². The lowest BCUT2D eigenvalue weighted by molar-refractivity contribution is 0.0118. The second-order valence-corrected chi connectivity index (χ2v) is 7.67. The second-order valence-electron chi connectivity index (χ2n) is 7.67. The van der Waals surface area contributed by atoms with Gasteiger partial charge < -0.3 is 29.2 Å². The van der Waals surface area contributed by atoms with Gasteiger partial charge in [0, 0.05) is 26.1 Å². The summed E-state index contributed by atoms with van der Waals surface area (Å²) in [6, 6.07) is 16.6. The molecule has 0 radical (unpaired) electrons. The highest BCUT2D eigenvalue weighted by Crippen LogP contribution is 2.44. The normalized spacial score (nSPS) is 12.4. The van der Waals surface area contributed by atoms with Gasteiger partial charge in [0.25, 0.3) is 0 Å². The average Bonchev–Trinajstić information content (AvgIpc) is 3.14. The third kappa shape index (κ3) is 6.77. The van der Waals surface area contributed by atoms with Crippen molar-refractivity contribution < 1.29 is 23.7 Å². The predicted molar refractivity (Wildman–Crippen MR) is 124 cm³/mol. The number of hydrogen-bond acceptors (Lipinski definition) is 6. The van der Waals surface area contributed by atoms with E-state index in [1.54, 1.807) is 11.9 Å². The minimum atomic E-state index is -0.342. The molecule has 32 heavy (non-hydrogen) atoms. The number of rotatable bonds is 14. The maximum Gasteiger partial charge on any atom is 0.409 e. The molecule has 1 N–H and O–H groups in total. The zero-order valence-corrected chi connectivity index (χ0v) is 19.0. The first kappa shape index (κ1) is 24.2. The smallest absolute Gasteiger partial charge is 0.409 e. The van der Waals surface area contributed by atoms with Crippen LogP contribution in [0.1, 0.15) is 17.0 Å². The van der Waals surface area contributed by atoms with Crippen LogP contribution < -0.4 is 5.32 Å². The molecular weight excluding hydrogens is 408 g/mol. The summed E-state index contributed by atoms with van der Waals surface area (Å²) in [5.41, 5.74) is 4.86. The Kier molecular flexibility index (Phi) is 9.97. The second kappa shape index (κ2) is 13.2. The van der Waals surface area contributed by atoms with Crippen LogP contribution in [0.4, 0.5) is 4.79 Å². The lowest BCUT2D eigenvalue weighted by Gasteiger charge is -2.19. The van der Waals surface area contributed by atoms with Gasteiger partial charge in [0.1, 0.15) is 6.61 Å². The first-order valence-corrected chi connectivity index (χ1v) is 11.2. The quantitative estimate of drug-likeness (QED) is 0.454. The summed E-state index contributed by atoms with van der Waals surface area (Å²) >= 11 is 0. The number of fused-ring (bicyclic) bond motifs is 3. The molecule has 0 atom stereocenters. The zero-order valence-electron chi connectivity index (χ0n) is 19.0. The van der Waals surface area contributed by atoms with E-state index >= 15 is 0 Å². The van der Waals surface area contributed by atoms with Gasteiger partial charge in [0.15, 0.2) is 0 Å². The number of nitrogens with zero attached hydrogens (tertiary/aromatic N) is 1. The minimum Gasteiger partial charge on any atom is -0.448 e. The molecule has 1 aliphatic rings. The Balaban J connectivity index is 1.31. The third-order valence-electron chi connectivity index (χ3n) is 5.46. The van der Waals surface area contributed by atoms with Crippen molar-refractivity contribution in [1.82, 2.24) is 10.2 Å². The van der Waals surface area contributed by atoms with Gasteiger partial charge >= 0.3 is 6.09 Å². The van der Waals surface area contributed by atoms with Crippen LogP contribution in [0, 0.1) is 0 Å². The molecule has 0 heterocycles. The molecule has 174 valence electrons. The number of hydrogen-bond donors (Lipinski definition) is 1. The van der Waals surface area contributed by atoms with Gasteiger partial charge in [-0.2, -0.15) is 0 Å². The van der Waals surface area contributed by atoms with Crippen molar-refractivity contribution in [2.75, 3.05) is 73.4 Å². The molecule has 7 nitrogen and oxygen atoms in total. The van der Waals surface area contributed by atoms with E-state index in [0.717, 1.165) is 6.54 Å². The van der Waals surface area contributed by atoms with Gasteiger partial charge in [-0.15, -0.1) is 0 Å². The van der Waals surface area contributed by atoms with Gasteiger partial charge in [-0.25, -0.2) is 4.79 Å². The van der Waals surface area contributed by atoms with Crippen molar-refractivity contribution in [3.8, 4) is 11.1 Å². The molecular formula is C25H34N2O5. The van der Waals surface area contributed by atoms with Gasteiger partial charge in [-0.1, -0.05) is 48.5 Å². The summed E-state index contributed by atoms with van der Waals surface area (Å²) in [5, 5.41) is 3.02. The fourth-order valence-corrected chi connectivity index (χ4v) is 3.71. The molecule has 0 spiro atoms. The predicted octanol–water partition coefficient (Wildman–Crippen LogP) is 3.14. The van der Waals surface area contributed by atoms with E-state index in [4.69, 9.17) is 18.9 Å². The lowest BCUT2D eigenvalue weighted by atomic mass is 9.98. The lowest BCUT2D eigenvalue weighted by Crippen LogP contribution is -2.32. The maximum absolute atomic E-state index is 12.4. The van der Waals surface area contributed by atoms with Crippen molar-refractivity contribution in [3.05, 3.63) is 59.7 Å². The topological polar surface area (TPSA) is 69.3 Å². The molecule has 0 saturated heterocycles. The highest BCUT2D eigenvalue weighted by atomic mass is 16.6. The number of likely N-dealkylation sites (N-methyl/N-ethyl adjacent to an activating group) is 2. The van der Waals surface area contributed by atoms with Crippen LogP contribution in [-0.2, 0) is 18.9 Å². The number of benzene rings is 2. The van der Waals surface area contributed by atoms with E-state index in [-0.39, 0.29) is 12.0 Å². The largest absolute Gasteiger partial charge is 0.448 e. The first-order valence-electron chi connectivity index (χ1n) is 11.2. The standard InChI is InChI=1S/C25H34N2O5/c1-26-11-13-29-15-17-31-18-16-30-14-12-27(2)25(28)32-19-24-22-9-5-3-7-20(22)21-8-4-6-10-23(21)24/h3-10,24,26H,11-19H2,1-2H3. The SMILES string of the molecule is CNCCOCCOCCOCCN(C)C(=O)OCC1c2ccccc2-c2ccccc21. The Morgan fingerprint density at radius 2 is 1.38 bits per heavy atom. The van der Waals surface area contributed by atoms with Gasteiger partial charge in [0.2, 0.25) is 0 Å². The number of ether oxygens (including phenoxy) is 4. The van der Waals surface area contributed by atoms with Gasteiger partial charge in [-0.05, 0) is 29.3 Å². The van der Waals surface area contributed by atoms with E-state index in [2.05, 4.69) is 29.6 Å². The Bertz CT molecular complexity index is 799. The van der Waals surface area contributed by atoms with Crippen LogP contribution in [0.5, 0.6) is 0 Å². The molecule has 0 saturated carbocycles. The van der Waals surface area contributed by atoms with E-state index in [0.29, 0.717) is 52.8 Å². The van der Waals surface area contributed by atoms with Crippen molar-refractivity contribution in [2.24, 2.45) is 0 Å². The maximum atomic E-state index is 12.4. The zero-order chi connectivity index (χ0) is 22.6. The summed E-state index contributed by atoms with van der Waals surface area (Å²) in [6.07, 6.45) is -0.342. The molecule has 3 rings (SSSR count). The van der Waals surface area contributed by atoms with Crippen LogP contribution in [0.2, 0.25) is 0 Å². The van der Waals surface area contributed by atoms with E-state index in [1.165, 1.54) is 22.3 Å². The van der Waals surface area contributed by atoms with Crippen LogP contribution in [-0.4, -0.2) is 84.4 Å². The fraction of sp³-hybridized carbons (Fsp3) is 0.480. The number of carbonyl (C=O) groups excluding carboxylic acids is 1. The monoisotopic (exact) mass is 442 g/mol. The molecule has 2 aromatic rings. The first-order chi connectivity index (χ1) is 15.7. The molecule has 1 amide bonds. The molecule has 7 heteroatoms. The average molecular weight is 443 g/mol. The molecule has 0 aliphatic heterocycles. The van der Waals surface area contributed by atoms with Crippen molar-refractivity contribution in [1.29, 1.82) is 0 Å².